The van der Waals surface area contributed by atoms with Crippen molar-refractivity contribution in [2.75, 3.05) is 20.3 Å². The van der Waals surface area contributed by atoms with Gasteiger partial charge in [0.2, 0.25) is 5.91 Å². The fraction of sp³-hybridized carbons (Fsp3) is 0.357. The van der Waals surface area contributed by atoms with Crippen molar-refractivity contribution in [2.45, 2.75) is 13.0 Å². The highest BCUT2D eigenvalue weighted by Gasteiger charge is 2.08. The van der Waals surface area contributed by atoms with Crippen LogP contribution < -0.4 is 5.32 Å². The summed E-state index contributed by atoms with van der Waals surface area (Å²) in [5.41, 5.74) is 0.729. The molecule has 0 aliphatic carbocycles. The van der Waals surface area contributed by atoms with Crippen molar-refractivity contribution >= 4 is 16.8 Å². The van der Waals surface area contributed by atoms with E-state index < -0.39 is 0 Å². The van der Waals surface area contributed by atoms with Crippen LogP contribution in [0.15, 0.2) is 30.5 Å². The van der Waals surface area contributed by atoms with Crippen LogP contribution in [0.25, 0.3) is 10.9 Å². The molecule has 0 bridgehead atoms. The maximum absolute atomic E-state index is 13.5. The highest BCUT2D eigenvalue weighted by molar-refractivity contribution is 5.83. The minimum atomic E-state index is -0.267. The molecular weight excluding hydrogens is 247 g/mol. The van der Waals surface area contributed by atoms with Gasteiger partial charge in [-0.25, -0.2) is 4.39 Å². The van der Waals surface area contributed by atoms with Gasteiger partial charge in [0.15, 0.2) is 0 Å². The summed E-state index contributed by atoms with van der Waals surface area (Å²) in [4.78, 5) is 11.7. The minimum absolute atomic E-state index is 0.0853. The molecule has 0 saturated carbocycles. The molecule has 0 unspecified atom stereocenters. The van der Waals surface area contributed by atoms with E-state index in [1.165, 1.54) is 6.07 Å². The van der Waals surface area contributed by atoms with Crippen LogP contribution in [0.1, 0.15) is 6.42 Å². The van der Waals surface area contributed by atoms with E-state index in [2.05, 4.69) is 5.32 Å². The largest absolute Gasteiger partial charge is 0.385 e. The average molecular weight is 264 g/mol. The van der Waals surface area contributed by atoms with Gasteiger partial charge < -0.3 is 14.6 Å². The molecule has 0 aliphatic heterocycles. The number of aromatic nitrogens is 1. The number of benzene rings is 1. The molecule has 102 valence electrons. The van der Waals surface area contributed by atoms with E-state index in [0.717, 1.165) is 11.9 Å². The lowest BCUT2D eigenvalue weighted by Gasteiger charge is -2.07. The third-order valence-electron chi connectivity index (χ3n) is 2.92. The summed E-state index contributed by atoms with van der Waals surface area (Å²) in [6.07, 6.45) is 2.51. The summed E-state index contributed by atoms with van der Waals surface area (Å²) in [5, 5.41) is 3.34. The molecule has 1 N–H and O–H groups in total. The molecule has 0 spiro atoms. The quantitative estimate of drug-likeness (QED) is 0.810. The van der Waals surface area contributed by atoms with Crippen molar-refractivity contribution in [3.05, 3.63) is 36.3 Å². The lowest BCUT2D eigenvalue weighted by atomic mass is 10.2. The molecule has 1 amide bonds. The maximum Gasteiger partial charge on any atom is 0.239 e. The number of nitrogens with zero attached hydrogens (tertiary/aromatic N) is 1. The van der Waals surface area contributed by atoms with Crippen molar-refractivity contribution in [1.29, 1.82) is 0 Å². The van der Waals surface area contributed by atoms with Gasteiger partial charge in [-0.2, -0.15) is 0 Å². The Kier molecular flexibility index (Phi) is 4.52. The number of carbonyl (C=O) groups is 1. The summed E-state index contributed by atoms with van der Waals surface area (Å²) in [6.45, 7) is 1.40. The lowest BCUT2D eigenvalue weighted by molar-refractivity contribution is -0.121. The molecule has 2 rings (SSSR count). The molecule has 19 heavy (non-hydrogen) atoms. The Labute approximate surface area is 111 Å². The standard InChI is InChI=1S/C14H17FN2O2/c1-19-9-3-7-16-14(18)10-17-8-6-11-12(15)4-2-5-13(11)17/h2,4-6,8H,3,7,9-10H2,1H3,(H,16,18). The van der Waals surface area contributed by atoms with E-state index in [9.17, 15) is 9.18 Å². The van der Waals surface area contributed by atoms with Gasteiger partial charge in [0.05, 0.1) is 5.52 Å². The first-order chi connectivity index (χ1) is 9.22. The number of halogens is 1. The molecule has 2 aromatic rings. The van der Waals surface area contributed by atoms with Crippen molar-refractivity contribution in [2.24, 2.45) is 0 Å². The molecule has 0 radical (unpaired) electrons. The van der Waals surface area contributed by atoms with Gasteiger partial charge in [0, 0.05) is 31.8 Å². The molecule has 0 atom stereocenters. The van der Waals surface area contributed by atoms with E-state index in [1.54, 1.807) is 36.1 Å². The Bertz CT molecular complexity index is 566. The number of carbonyl (C=O) groups excluding carboxylic acids is 1. The number of nitrogens with one attached hydrogen (secondary N) is 1. The number of fused-ring (bicyclic) bond motifs is 1. The molecule has 0 fully saturated rings. The Morgan fingerprint density at radius 2 is 2.26 bits per heavy atom. The Balaban J connectivity index is 1.98. The van der Waals surface area contributed by atoms with Gasteiger partial charge in [-0.1, -0.05) is 6.07 Å². The van der Waals surface area contributed by atoms with Crippen LogP contribution in [-0.2, 0) is 16.1 Å². The summed E-state index contributed by atoms with van der Waals surface area (Å²) in [5.74, 6) is -0.352. The zero-order valence-corrected chi connectivity index (χ0v) is 10.9. The lowest BCUT2D eigenvalue weighted by Crippen LogP contribution is -2.28. The van der Waals surface area contributed by atoms with Gasteiger partial charge in [-0.3, -0.25) is 4.79 Å². The summed E-state index contributed by atoms with van der Waals surface area (Å²) < 4.78 is 20.1. The third kappa shape index (κ3) is 3.32. The fourth-order valence-electron chi connectivity index (χ4n) is 1.98. The first-order valence-corrected chi connectivity index (χ1v) is 6.21. The molecule has 0 saturated heterocycles. The van der Waals surface area contributed by atoms with E-state index in [-0.39, 0.29) is 18.3 Å². The predicted octanol–water partition coefficient (Wildman–Crippen LogP) is 1.93. The molecule has 5 heteroatoms. The van der Waals surface area contributed by atoms with Gasteiger partial charge >= 0.3 is 0 Å². The van der Waals surface area contributed by atoms with E-state index in [4.69, 9.17) is 4.74 Å². The molecule has 0 aliphatic rings. The van der Waals surface area contributed by atoms with Gasteiger partial charge in [-0.15, -0.1) is 0 Å². The Hall–Kier alpha value is -1.88. The van der Waals surface area contributed by atoms with Gasteiger partial charge in [0.1, 0.15) is 12.4 Å². The average Bonchev–Trinajstić information content (AvgIpc) is 2.80. The topological polar surface area (TPSA) is 43.3 Å². The van der Waals surface area contributed by atoms with Crippen LogP contribution in [0.3, 0.4) is 0 Å². The first-order valence-electron chi connectivity index (χ1n) is 6.21. The molecule has 1 aromatic heterocycles. The van der Waals surface area contributed by atoms with E-state index in [0.29, 0.717) is 18.5 Å². The Morgan fingerprint density at radius 1 is 1.42 bits per heavy atom. The molecule has 1 heterocycles. The van der Waals surface area contributed by atoms with Crippen LogP contribution in [0.2, 0.25) is 0 Å². The van der Waals surface area contributed by atoms with Gasteiger partial charge in [0.25, 0.3) is 0 Å². The zero-order chi connectivity index (χ0) is 13.7. The summed E-state index contributed by atoms with van der Waals surface area (Å²) in [6, 6.07) is 6.54. The summed E-state index contributed by atoms with van der Waals surface area (Å²) in [7, 11) is 1.63. The number of ether oxygens (including phenoxy) is 1. The summed E-state index contributed by atoms with van der Waals surface area (Å²) >= 11 is 0. The molecule has 1 aromatic carbocycles. The van der Waals surface area contributed by atoms with Gasteiger partial charge in [-0.05, 0) is 24.6 Å². The van der Waals surface area contributed by atoms with Crippen LogP contribution >= 0.6 is 0 Å². The second kappa shape index (κ2) is 6.33. The number of rotatable bonds is 6. The number of methoxy groups -OCH3 is 1. The monoisotopic (exact) mass is 264 g/mol. The number of hydrogen-bond donors (Lipinski definition) is 1. The zero-order valence-electron chi connectivity index (χ0n) is 10.9. The molecule has 4 nitrogen and oxygen atoms in total. The highest BCUT2D eigenvalue weighted by Crippen LogP contribution is 2.18. The normalized spacial score (nSPS) is 10.8. The second-order valence-electron chi connectivity index (χ2n) is 4.31. The minimum Gasteiger partial charge on any atom is -0.385 e. The van der Waals surface area contributed by atoms with Crippen molar-refractivity contribution < 1.29 is 13.9 Å². The van der Waals surface area contributed by atoms with Crippen LogP contribution in [0.4, 0.5) is 4.39 Å². The van der Waals surface area contributed by atoms with E-state index in [1.807, 2.05) is 0 Å². The predicted molar refractivity (Wildman–Crippen MR) is 71.4 cm³/mol. The van der Waals surface area contributed by atoms with E-state index >= 15 is 0 Å². The smallest absolute Gasteiger partial charge is 0.239 e. The Morgan fingerprint density at radius 3 is 3.05 bits per heavy atom. The number of amides is 1. The SMILES string of the molecule is COCCCNC(=O)Cn1ccc2c(F)cccc21. The van der Waals surface area contributed by atoms with Crippen molar-refractivity contribution in [1.82, 2.24) is 9.88 Å². The first kappa shape index (κ1) is 13.5. The van der Waals surface area contributed by atoms with Crippen LogP contribution in [0, 0.1) is 5.82 Å². The maximum atomic E-state index is 13.5. The second-order valence-corrected chi connectivity index (χ2v) is 4.31. The highest BCUT2D eigenvalue weighted by atomic mass is 19.1. The van der Waals surface area contributed by atoms with Crippen LogP contribution in [-0.4, -0.2) is 30.7 Å². The van der Waals surface area contributed by atoms with Crippen molar-refractivity contribution in [3.63, 3.8) is 0 Å². The van der Waals surface area contributed by atoms with Crippen molar-refractivity contribution in [3.8, 4) is 0 Å². The molecular formula is C14H17FN2O2. The third-order valence-corrected chi connectivity index (χ3v) is 2.92. The fourth-order valence-corrected chi connectivity index (χ4v) is 1.98. The number of hydrogen-bond acceptors (Lipinski definition) is 2. The van der Waals surface area contributed by atoms with Crippen LogP contribution in [0.5, 0.6) is 0 Å².